The van der Waals surface area contributed by atoms with Crippen LogP contribution in [0.25, 0.3) is 0 Å². The summed E-state index contributed by atoms with van der Waals surface area (Å²) in [5, 5.41) is 3.45. The molecule has 0 fully saturated rings. The number of rotatable bonds is 5. The second-order valence-electron chi connectivity index (χ2n) is 4.30. The van der Waals surface area contributed by atoms with E-state index in [-0.39, 0.29) is 6.04 Å². The molecule has 4 nitrogen and oxygen atoms in total. The van der Waals surface area contributed by atoms with Crippen molar-refractivity contribution in [1.29, 1.82) is 0 Å². The molecule has 0 saturated carbocycles. The van der Waals surface area contributed by atoms with E-state index in [0.717, 1.165) is 23.7 Å². The molecular weight excluding hydrogens is 226 g/mol. The number of imidazole rings is 1. The van der Waals surface area contributed by atoms with E-state index < -0.39 is 0 Å². The Balaban J connectivity index is 2.03. The molecule has 1 N–H and O–H groups in total. The van der Waals surface area contributed by atoms with Crippen LogP contribution in [-0.2, 0) is 13.6 Å². The zero-order chi connectivity index (χ0) is 13.0. The van der Waals surface area contributed by atoms with Gasteiger partial charge in [0, 0.05) is 31.0 Å². The third-order valence-electron chi connectivity index (χ3n) is 3.09. The largest absolute Gasteiger partial charge is 0.496 e. The Hall–Kier alpha value is -1.81. The number of hydrogen-bond acceptors (Lipinski definition) is 3. The molecule has 2 rings (SSSR count). The standard InChI is InChI=1S/C14H19N3O/c1-11(12-6-4-5-7-13(12)18-3)16-10-14-15-8-9-17(14)2/h4-9,11,16H,10H2,1-3H3/t11-/m0/s1. The second-order valence-corrected chi connectivity index (χ2v) is 4.30. The average molecular weight is 245 g/mol. The average Bonchev–Trinajstić information content (AvgIpc) is 2.81. The number of benzene rings is 1. The molecule has 0 saturated heterocycles. The van der Waals surface area contributed by atoms with Crippen LogP contribution >= 0.6 is 0 Å². The summed E-state index contributed by atoms with van der Waals surface area (Å²) in [6, 6.07) is 8.28. The fourth-order valence-electron chi connectivity index (χ4n) is 1.95. The minimum absolute atomic E-state index is 0.220. The molecule has 0 aliphatic heterocycles. The van der Waals surface area contributed by atoms with Crippen molar-refractivity contribution in [2.75, 3.05) is 7.11 Å². The predicted molar refractivity (Wildman–Crippen MR) is 71.5 cm³/mol. The van der Waals surface area contributed by atoms with E-state index in [2.05, 4.69) is 23.3 Å². The number of nitrogens with one attached hydrogen (secondary N) is 1. The van der Waals surface area contributed by atoms with Gasteiger partial charge in [0.25, 0.3) is 0 Å². The summed E-state index contributed by atoms with van der Waals surface area (Å²) in [5.41, 5.74) is 1.16. The maximum Gasteiger partial charge on any atom is 0.123 e. The predicted octanol–water partition coefficient (Wildman–Crippen LogP) is 2.28. The Labute approximate surface area is 108 Å². The van der Waals surface area contributed by atoms with Gasteiger partial charge in [0.1, 0.15) is 11.6 Å². The van der Waals surface area contributed by atoms with E-state index in [1.54, 1.807) is 7.11 Å². The van der Waals surface area contributed by atoms with Crippen molar-refractivity contribution in [1.82, 2.24) is 14.9 Å². The maximum absolute atomic E-state index is 5.37. The van der Waals surface area contributed by atoms with Gasteiger partial charge in [-0.15, -0.1) is 0 Å². The van der Waals surface area contributed by atoms with Crippen LogP contribution in [0.15, 0.2) is 36.7 Å². The van der Waals surface area contributed by atoms with E-state index in [1.807, 2.05) is 42.2 Å². The Morgan fingerprint density at radius 1 is 1.39 bits per heavy atom. The second kappa shape index (κ2) is 5.69. The summed E-state index contributed by atoms with van der Waals surface area (Å²) < 4.78 is 7.38. The number of aryl methyl sites for hydroxylation is 1. The van der Waals surface area contributed by atoms with Gasteiger partial charge in [-0.05, 0) is 13.0 Å². The normalized spacial score (nSPS) is 12.4. The SMILES string of the molecule is COc1ccccc1[C@H](C)NCc1nccn1C. The first kappa shape index (κ1) is 12.6. The maximum atomic E-state index is 5.37. The summed E-state index contributed by atoms with van der Waals surface area (Å²) in [6.07, 6.45) is 3.76. The van der Waals surface area contributed by atoms with Crippen LogP contribution in [0, 0.1) is 0 Å². The van der Waals surface area contributed by atoms with Gasteiger partial charge in [-0.2, -0.15) is 0 Å². The van der Waals surface area contributed by atoms with E-state index >= 15 is 0 Å². The van der Waals surface area contributed by atoms with Crippen molar-refractivity contribution in [3.8, 4) is 5.75 Å². The Bertz CT molecular complexity index is 507. The van der Waals surface area contributed by atoms with Gasteiger partial charge >= 0.3 is 0 Å². The molecule has 0 aliphatic rings. The van der Waals surface area contributed by atoms with Gasteiger partial charge in [-0.1, -0.05) is 18.2 Å². The molecule has 1 heterocycles. The summed E-state index contributed by atoms with van der Waals surface area (Å²) in [6.45, 7) is 2.86. The van der Waals surface area contributed by atoms with Crippen LogP contribution in [0.1, 0.15) is 24.4 Å². The van der Waals surface area contributed by atoms with Crippen molar-refractivity contribution in [3.05, 3.63) is 48.0 Å². The first-order valence-electron chi connectivity index (χ1n) is 6.05. The van der Waals surface area contributed by atoms with E-state index in [1.165, 1.54) is 0 Å². The van der Waals surface area contributed by atoms with Gasteiger partial charge in [0.2, 0.25) is 0 Å². The molecule has 1 aromatic carbocycles. The minimum Gasteiger partial charge on any atom is -0.496 e. The monoisotopic (exact) mass is 245 g/mol. The lowest BCUT2D eigenvalue weighted by Crippen LogP contribution is -2.20. The van der Waals surface area contributed by atoms with Crippen molar-refractivity contribution in [2.24, 2.45) is 7.05 Å². The molecule has 4 heteroatoms. The first-order valence-corrected chi connectivity index (χ1v) is 6.05. The van der Waals surface area contributed by atoms with Gasteiger partial charge in [0.15, 0.2) is 0 Å². The highest BCUT2D eigenvalue weighted by Crippen LogP contribution is 2.24. The summed E-state index contributed by atoms with van der Waals surface area (Å²) in [4.78, 5) is 4.29. The smallest absolute Gasteiger partial charge is 0.123 e. The molecular formula is C14H19N3O. The Morgan fingerprint density at radius 2 is 2.17 bits per heavy atom. The Morgan fingerprint density at radius 3 is 2.83 bits per heavy atom. The van der Waals surface area contributed by atoms with Crippen LogP contribution in [0.2, 0.25) is 0 Å². The molecule has 2 aromatic rings. The third-order valence-corrected chi connectivity index (χ3v) is 3.09. The van der Waals surface area contributed by atoms with Crippen LogP contribution in [-0.4, -0.2) is 16.7 Å². The fourth-order valence-corrected chi connectivity index (χ4v) is 1.95. The third kappa shape index (κ3) is 2.71. The quantitative estimate of drug-likeness (QED) is 0.878. The number of methoxy groups -OCH3 is 1. The molecule has 18 heavy (non-hydrogen) atoms. The highest BCUT2D eigenvalue weighted by atomic mass is 16.5. The summed E-state index contributed by atoms with van der Waals surface area (Å²) >= 11 is 0. The lowest BCUT2D eigenvalue weighted by molar-refractivity contribution is 0.401. The van der Waals surface area contributed by atoms with E-state index in [4.69, 9.17) is 4.74 Å². The Kier molecular flexibility index (Phi) is 3.99. The highest BCUT2D eigenvalue weighted by molar-refractivity contribution is 5.35. The molecule has 0 unspecified atom stereocenters. The molecule has 96 valence electrons. The first-order chi connectivity index (χ1) is 8.72. The molecule has 0 amide bonds. The van der Waals surface area contributed by atoms with Crippen molar-refractivity contribution in [2.45, 2.75) is 19.5 Å². The van der Waals surface area contributed by atoms with Crippen molar-refractivity contribution < 1.29 is 4.74 Å². The molecule has 1 atom stereocenters. The topological polar surface area (TPSA) is 39.1 Å². The van der Waals surface area contributed by atoms with Gasteiger partial charge in [-0.3, -0.25) is 0 Å². The van der Waals surface area contributed by atoms with E-state index in [9.17, 15) is 0 Å². The fraction of sp³-hybridized carbons (Fsp3) is 0.357. The number of nitrogens with zero attached hydrogens (tertiary/aromatic N) is 2. The molecule has 1 aromatic heterocycles. The van der Waals surface area contributed by atoms with Crippen molar-refractivity contribution in [3.63, 3.8) is 0 Å². The number of hydrogen-bond donors (Lipinski definition) is 1. The van der Waals surface area contributed by atoms with Crippen LogP contribution in [0.5, 0.6) is 5.75 Å². The number of para-hydroxylation sites is 1. The number of ether oxygens (including phenoxy) is 1. The zero-order valence-corrected chi connectivity index (χ0v) is 11.1. The van der Waals surface area contributed by atoms with Gasteiger partial charge in [-0.25, -0.2) is 4.98 Å². The van der Waals surface area contributed by atoms with Crippen LogP contribution in [0.3, 0.4) is 0 Å². The lowest BCUT2D eigenvalue weighted by Gasteiger charge is -2.17. The highest BCUT2D eigenvalue weighted by Gasteiger charge is 2.10. The van der Waals surface area contributed by atoms with Gasteiger partial charge in [0.05, 0.1) is 13.7 Å². The summed E-state index contributed by atoms with van der Waals surface area (Å²) in [5.74, 6) is 1.94. The number of aromatic nitrogens is 2. The van der Waals surface area contributed by atoms with Gasteiger partial charge < -0.3 is 14.6 Å². The molecule has 0 aliphatic carbocycles. The molecule has 0 bridgehead atoms. The van der Waals surface area contributed by atoms with Crippen LogP contribution in [0.4, 0.5) is 0 Å². The zero-order valence-electron chi connectivity index (χ0n) is 11.1. The lowest BCUT2D eigenvalue weighted by atomic mass is 10.1. The minimum atomic E-state index is 0.220. The van der Waals surface area contributed by atoms with Crippen LogP contribution < -0.4 is 10.1 Å². The van der Waals surface area contributed by atoms with Crippen molar-refractivity contribution >= 4 is 0 Å². The molecule has 0 spiro atoms. The van der Waals surface area contributed by atoms with E-state index in [0.29, 0.717) is 0 Å². The summed E-state index contributed by atoms with van der Waals surface area (Å²) in [7, 11) is 3.70. The molecule has 0 radical (unpaired) electrons.